The van der Waals surface area contributed by atoms with Gasteiger partial charge in [0.1, 0.15) is 5.82 Å². The smallest absolute Gasteiger partial charge is 0.162 e. The van der Waals surface area contributed by atoms with E-state index in [-0.39, 0.29) is 0 Å². The largest absolute Gasteiger partial charge is 0.362 e. The topological polar surface area (TPSA) is 29.0 Å². The molecule has 0 saturated carbocycles. The van der Waals surface area contributed by atoms with Crippen LogP contribution in [0.25, 0.3) is 22.3 Å². The van der Waals surface area contributed by atoms with Crippen LogP contribution in [0.15, 0.2) is 54.6 Å². The third-order valence-corrected chi connectivity index (χ3v) is 3.04. The highest BCUT2D eigenvalue weighted by Crippen LogP contribution is 2.25. The van der Waals surface area contributed by atoms with Crippen LogP contribution in [0.2, 0.25) is 0 Å². The zero-order chi connectivity index (χ0) is 17.2. The Hall–Kier alpha value is -2.42. The van der Waals surface area contributed by atoms with E-state index >= 15 is 0 Å². The quantitative estimate of drug-likeness (QED) is 0.633. The fraction of sp³-hybridized carbons (Fsp3) is 0.300. The minimum absolute atomic E-state index is 0.767. The van der Waals surface area contributed by atoms with Crippen molar-refractivity contribution in [2.75, 3.05) is 19.0 Å². The van der Waals surface area contributed by atoms with Crippen LogP contribution in [0.5, 0.6) is 0 Å². The Bertz CT molecular complexity index is 706. The Balaban J connectivity index is 0.000000615. The normalized spacial score (nSPS) is 9.30. The lowest BCUT2D eigenvalue weighted by Gasteiger charge is -2.15. The van der Waals surface area contributed by atoms with Crippen LogP contribution in [0.4, 0.5) is 5.82 Å². The summed E-state index contributed by atoms with van der Waals surface area (Å²) in [6, 6.07) is 18.2. The van der Waals surface area contributed by atoms with Crippen LogP contribution in [-0.2, 0) is 0 Å². The molecule has 0 aliphatic carbocycles. The molecule has 23 heavy (non-hydrogen) atoms. The zero-order valence-electron chi connectivity index (χ0n) is 15.0. The predicted octanol–water partition coefficient (Wildman–Crippen LogP) is 5.42. The molecule has 3 rings (SSSR count). The molecule has 1 heterocycles. The number of aromatic nitrogens is 2. The third kappa shape index (κ3) is 4.52. The van der Waals surface area contributed by atoms with Gasteiger partial charge in [-0.2, -0.15) is 0 Å². The summed E-state index contributed by atoms with van der Waals surface area (Å²) in [6.07, 6.45) is 0. The molecule has 0 aliphatic rings. The lowest BCUT2D eigenvalue weighted by atomic mass is 10.2. The molecule has 122 valence electrons. The lowest BCUT2D eigenvalue weighted by molar-refractivity contribution is 1.07. The average molecular weight is 309 g/mol. The second-order valence-electron chi connectivity index (χ2n) is 4.65. The highest BCUT2D eigenvalue weighted by molar-refractivity contribution is 5.90. The van der Waals surface area contributed by atoms with Gasteiger partial charge in [0.15, 0.2) is 5.82 Å². The molecular formula is C20H27N3. The van der Waals surface area contributed by atoms with Crippen molar-refractivity contribution in [3.05, 3.63) is 54.6 Å². The van der Waals surface area contributed by atoms with Gasteiger partial charge in [0.2, 0.25) is 0 Å². The third-order valence-electron chi connectivity index (χ3n) is 3.04. The van der Waals surface area contributed by atoms with Crippen molar-refractivity contribution in [3.8, 4) is 11.4 Å². The van der Waals surface area contributed by atoms with Gasteiger partial charge < -0.3 is 4.90 Å². The fourth-order valence-electron chi connectivity index (χ4n) is 2.12. The first-order valence-electron chi connectivity index (χ1n) is 8.25. The molecule has 0 amide bonds. The second kappa shape index (κ2) is 9.57. The summed E-state index contributed by atoms with van der Waals surface area (Å²) < 4.78 is 0. The minimum atomic E-state index is 0.767. The number of benzene rings is 2. The van der Waals surface area contributed by atoms with Crippen molar-refractivity contribution in [1.82, 2.24) is 9.97 Å². The molecule has 2 aromatic carbocycles. The van der Waals surface area contributed by atoms with Crippen LogP contribution in [0.3, 0.4) is 0 Å². The monoisotopic (exact) mass is 309 g/mol. The number of nitrogens with zero attached hydrogens (tertiary/aromatic N) is 3. The number of para-hydroxylation sites is 1. The molecule has 0 unspecified atom stereocenters. The molecular weight excluding hydrogens is 282 g/mol. The molecule has 0 aliphatic heterocycles. The van der Waals surface area contributed by atoms with Gasteiger partial charge in [0, 0.05) is 25.0 Å². The van der Waals surface area contributed by atoms with Crippen LogP contribution in [-0.4, -0.2) is 24.1 Å². The van der Waals surface area contributed by atoms with Gasteiger partial charge in [-0.3, -0.25) is 0 Å². The molecule has 3 heteroatoms. The van der Waals surface area contributed by atoms with E-state index in [0.29, 0.717) is 0 Å². The summed E-state index contributed by atoms with van der Waals surface area (Å²) in [5.41, 5.74) is 2.01. The van der Waals surface area contributed by atoms with Gasteiger partial charge in [0.25, 0.3) is 0 Å². The van der Waals surface area contributed by atoms with E-state index in [1.54, 1.807) is 0 Å². The van der Waals surface area contributed by atoms with E-state index < -0.39 is 0 Å². The van der Waals surface area contributed by atoms with Crippen molar-refractivity contribution < 1.29 is 0 Å². The number of hydrogen-bond donors (Lipinski definition) is 0. The van der Waals surface area contributed by atoms with E-state index in [1.165, 1.54) is 0 Å². The number of hydrogen-bond acceptors (Lipinski definition) is 3. The standard InChI is InChI=1S/C16H15N3.2C2H6/c1-19(2)16-13-10-6-7-11-14(13)17-15(18-16)12-8-4-3-5-9-12;2*1-2/h3-11H,1-2H3;2*1-2H3. The number of rotatable bonds is 2. The molecule has 0 atom stereocenters. The summed E-state index contributed by atoms with van der Waals surface area (Å²) in [4.78, 5) is 11.4. The van der Waals surface area contributed by atoms with Gasteiger partial charge in [-0.25, -0.2) is 9.97 Å². The van der Waals surface area contributed by atoms with E-state index in [2.05, 4.69) is 16.0 Å². The van der Waals surface area contributed by atoms with Crippen LogP contribution < -0.4 is 4.90 Å². The maximum Gasteiger partial charge on any atom is 0.162 e. The number of fused-ring (bicyclic) bond motifs is 1. The van der Waals surface area contributed by atoms with Crippen molar-refractivity contribution in [1.29, 1.82) is 0 Å². The molecule has 0 N–H and O–H groups in total. The summed E-state index contributed by atoms with van der Waals surface area (Å²) in [6.45, 7) is 8.00. The highest BCUT2D eigenvalue weighted by atomic mass is 15.2. The Labute approximate surface area is 140 Å². The molecule has 1 aromatic heterocycles. The highest BCUT2D eigenvalue weighted by Gasteiger charge is 2.09. The average Bonchev–Trinajstić information content (AvgIpc) is 2.64. The second-order valence-corrected chi connectivity index (χ2v) is 4.65. The van der Waals surface area contributed by atoms with E-state index in [9.17, 15) is 0 Å². The molecule has 0 radical (unpaired) electrons. The summed E-state index contributed by atoms with van der Waals surface area (Å²) >= 11 is 0. The molecule has 0 fully saturated rings. The predicted molar refractivity (Wildman–Crippen MR) is 102 cm³/mol. The van der Waals surface area contributed by atoms with Crippen molar-refractivity contribution >= 4 is 16.7 Å². The van der Waals surface area contributed by atoms with E-state index in [0.717, 1.165) is 28.1 Å². The van der Waals surface area contributed by atoms with Crippen LogP contribution in [0.1, 0.15) is 27.7 Å². The van der Waals surface area contributed by atoms with Gasteiger partial charge in [0.05, 0.1) is 5.52 Å². The van der Waals surface area contributed by atoms with Crippen LogP contribution >= 0.6 is 0 Å². The maximum atomic E-state index is 4.69. The molecule has 0 spiro atoms. The van der Waals surface area contributed by atoms with Crippen molar-refractivity contribution in [2.24, 2.45) is 0 Å². The van der Waals surface area contributed by atoms with E-state index in [4.69, 9.17) is 0 Å². The van der Waals surface area contributed by atoms with Gasteiger partial charge in [-0.1, -0.05) is 70.2 Å². The first-order valence-corrected chi connectivity index (χ1v) is 8.25. The molecule has 0 saturated heterocycles. The zero-order valence-corrected chi connectivity index (χ0v) is 15.0. The summed E-state index contributed by atoms with van der Waals surface area (Å²) in [7, 11) is 4.01. The summed E-state index contributed by atoms with van der Waals surface area (Å²) in [5, 5.41) is 1.08. The minimum Gasteiger partial charge on any atom is -0.362 e. The first kappa shape index (κ1) is 18.6. The first-order chi connectivity index (χ1) is 11.3. The maximum absolute atomic E-state index is 4.69. The Morgan fingerprint density at radius 2 is 1.26 bits per heavy atom. The van der Waals surface area contributed by atoms with Crippen molar-refractivity contribution in [3.63, 3.8) is 0 Å². The van der Waals surface area contributed by atoms with Gasteiger partial charge >= 0.3 is 0 Å². The fourth-order valence-corrected chi connectivity index (χ4v) is 2.12. The molecule has 3 nitrogen and oxygen atoms in total. The summed E-state index contributed by atoms with van der Waals surface area (Å²) in [5.74, 6) is 1.72. The lowest BCUT2D eigenvalue weighted by Crippen LogP contribution is -2.12. The Morgan fingerprint density at radius 1 is 0.696 bits per heavy atom. The van der Waals surface area contributed by atoms with E-state index in [1.807, 2.05) is 95.2 Å². The van der Waals surface area contributed by atoms with Gasteiger partial charge in [-0.05, 0) is 12.1 Å². The molecule has 0 bridgehead atoms. The Morgan fingerprint density at radius 3 is 1.87 bits per heavy atom. The molecule has 3 aromatic rings. The number of anilines is 1. The van der Waals surface area contributed by atoms with Crippen LogP contribution in [0, 0.1) is 0 Å². The van der Waals surface area contributed by atoms with Crippen molar-refractivity contribution in [2.45, 2.75) is 27.7 Å². The SMILES string of the molecule is CC.CC.CN(C)c1nc(-c2ccccc2)nc2ccccc12. The Kier molecular flexibility index (Phi) is 7.75. The van der Waals surface area contributed by atoms with Gasteiger partial charge in [-0.15, -0.1) is 0 Å².